The number of hydrogen-bond donors (Lipinski definition) is 0. The molecular formula is C48H34N2O. The van der Waals surface area contributed by atoms with Crippen LogP contribution in [0, 0.1) is 0 Å². The van der Waals surface area contributed by atoms with Crippen molar-refractivity contribution >= 4 is 55.9 Å². The van der Waals surface area contributed by atoms with Gasteiger partial charge in [-0.1, -0.05) is 115 Å². The molecule has 1 aliphatic rings. The van der Waals surface area contributed by atoms with Crippen molar-refractivity contribution in [2.75, 3.05) is 4.90 Å². The molecule has 0 spiro atoms. The molecule has 9 aromatic rings. The number of hydrogen-bond acceptors (Lipinski definition) is 2. The molecule has 0 bridgehead atoms. The van der Waals surface area contributed by atoms with Gasteiger partial charge in [0.2, 0.25) is 0 Å². The molecule has 3 heteroatoms. The van der Waals surface area contributed by atoms with Crippen LogP contribution in [0.15, 0.2) is 186 Å². The summed E-state index contributed by atoms with van der Waals surface area (Å²) in [5, 5.41) is 3.72. The highest BCUT2D eigenvalue weighted by molar-refractivity contribution is 6.09. The van der Waals surface area contributed by atoms with Gasteiger partial charge in [-0.3, -0.25) is 0 Å². The van der Waals surface area contributed by atoms with Gasteiger partial charge >= 0.3 is 0 Å². The first kappa shape index (κ1) is 29.3. The molecule has 1 aliphatic carbocycles. The number of allylic oxidation sites excluding steroid dienone is 1. The van der Waals surface area contributed by atoms with Crippen LogP contribution in [0.4, 0.5) is 17.1 Å². The summed E-state index contributed by atoms with van der Waals surface area (Å²) in [5.74, 6) is 1.21. The zero-order chi connectivity index (χ0) is 33.7. The number of benzene rings is 7. The molecule has 0 fully saturated rings. The van der Waals surface area contributed by atoms with Crippen LogP contribution in [0.25, 0.3) is 55.7 Å². The fourth-order valence-electron chi connectivity index (χ4n) is 7.89. The molecule has 51 heavy (non-hydrogen) atoms. The van der Waals surface area contributed by atoms with E-state index in [2.05, 4.69) is 198 Å². The number of aromatic nitrogens is 1. The Bertz CT molecular complexity index is 2650. The molecule has 2 heterocycles. The van der Waals surface area contributed by atoms with Crippen molar-refractivity contribution in [1.29, 1.82) is 0 Å². The quantitative estimate of drug-likeness (QED) is 0.178. The predicted octanol–water partition coefficient (Wildman–Crippen LogP) is 13.0. The van der Waals surface area contributed by atoms with Gasteiger partial charge in [0.05, 0.1) is 11.0 Å². The van der Waals surface area contributed by atoms with E-state index >= 15 is 0 Å². The molecule has 0 saturated carbocycles. The average Bonchev–Trinajstić information content (AvgIpc) is 3.74. The summed E-state index contributed by atoms with van der Waals surface area (Å²) >= 11 is 0. The Kier molecular flexibility index (Phi) is 6.95. The van der Waals surface area contributed by atoms with Gasteiger partial charge in [-0.2, -0.15) is 0 Å². The molecule has 0 aliphatic heterocycles. The first-order valence-electron chi connectivity index (χ1n) is 17.6. The minimum absolute atomic E-state index is 0.250. The van der Waals surface area contributed by atoms with Crippen molar-refractivity contribution in [2.45, 2.75) is 12.3 Å². The van der Waals surface area contributed by atoms with Crippen molar-refractivity contribution in [2.24, 2.45) is 0 Å². The fraction of sp³-hybridized carbons (Fsp3) is 0.0417. The molecule has 3 nitrogen and oxygen atoms in total. The molecule has 1 atom stereocenters. The second kappa shape index (κ2) is 12.1. The summed E-state index contributed by atoms with van der Waals surface area (Å²) in [4.78, 5) is 2.33. The SMILES string of the molecule is C1=CC(c2ccc(N(c3ccccc3)c3ccc(-c4ccccc4)cc3)cc2)Cc2c1oc1ccc(-n3c4ccccc4c4ccccc43)cc21. The summed E-state index contributed by atoms with van der Waals surface area (Å²) in [6.07, 6.45) is 5.35. The van der Waals surface area contributed by atoms with E-state index in [0.29, 0.717) is 0 Å². The number of fused-ring (bicyclic) bond motifs is 6. The maximum atomic E-state index is 6.40. The Balaban J connectivity index is 0.978. The topological polar surface area (TPSA) is 21.3 Å². The van der Waals surface area contributed by atoms with Crippen LogP contribution in [0.1, 0.15) is 22.8 Å². The van der Waals surface area contributed by atoms with Crippen LogP contribution in [0.2, 0.25) is 0 Å². The molecule has 10 rings (SSSR count). The van der Waals surface area contributed by atoms with Gasteiger partial charge in [0.15, 0.2) is 0 Å². The molecule has 0 N–H and O–H groups in total. The van der Waals surface area contributed by atoms with E-state index in [0.717, 1.165) is 40.5 Å². The van der Waals surface area contributed by atoms with Crippen molar-refractivity contribution in [3.05, 3.63) is 199 Å². The fourth-order valence-corrected chi connectivity index (χ4v) is 7.89. The molecule has 0 amide bonds. The van der Waals surface area contributed by atoms with Gasteiger partial charge in [0.1, 0.15) is 11.3 Å². The summed E-state index contributed by atoms with van der Waals surface area (Å²) in [6.45, 7) is 0. The van der Waals surface area contributed by atoms with Gasteiger partial charge in [-0.15, -0.1) is 0 Å². The zero-order valence-electron chi connectivity index (χ0n) is 28.0. The first-order valence-corrected chi connectivity index (χ1v) is 17.6. The zero-order valence-corrected chi connectivity index (χ0v) is 28.0. The van der Waals surface area contributed by atoms with Crippen LogP contribution >= 0.6 is 0 Å². The lowest BCUT2D eigenvalue weighted by Gasteiger charge is -2.26. The van der Waals surface area contributed by atoms with Crippen molar-refractivity contribution in [1.82, 2.24) is 4.57 Å². The van der Waals surface area contributed by atoms with E-state index in [4.69, 9.17) is 4.42 Å². The smallest absolute Gasteiger partial charge is 0.135 e. The second-order valence-corrected chi connectivity index (χ2v) is 13.3. The third-order valence-electron chi connectivity index (χ3n) is 10.4. The summed E-state index contributed by atoms with van der Waals surface area (Å²) < 4.78 is 8.79. The highest BCUT2D eigenvalue weighted by atomic mass is 16.3. The number of anilines is 3. The molecule has 7 aromatic carbocycles. The van der Waals surface area contributed by atoms with Crippen molar-refractivity contribution in [3.63, 3.8) is 0 Å². The van der Waals surface area contributed by atoms with Gasteiger partial charge in [0, 0.05) is 50.4 Å². The normalized spacial score (nSPS) is 13.9. The Labute approximate surface area is 296 Å². The minimum Gasteiger partial charge on any atom is -0.456 e. The van der Waals surface area contributed by atoms with Crippen LogP contribution in [0.5, 0.6) is 0 Å². The largest absolute Gasteiger partial charge is 0.456 e. The van der Waals surface area contributed by atoms with Gasteiger partial charge in [-0.25, -0.2) is 0 Å². The standard InChI is InChI=1S/C48H34N2O/c1-3-11-33(12-4-1)34-19-24-38(25-20-34)49(37-13-5-2-6-14-37)39-26-21-35(22-27-39)36-23-29-47-43(31-36)44-32-40(28-30-48(44)51-47)50-45-17-9-7-15-41(45)42-16-8-10-18-46(42)50/h1-30,32,36H,31H2. The Morgan fingerprint density at radius 3 is 1.76 bits per heavy atom. The summed E-state index contributed by atoms with van der Waals surface area (Å²) in [7, 11) is 0. The highest BCUT2D eigenvalue weighted by Crippen LogP contribution is 2.41. The van der Waals surface area contributed by atoms with Crippen molar-refractivity contribution in [3.8, 4) is 16.8 Å². The molecule has 2 aromatic heterocycles. The maximum absolute atomic E-state index is 6.40. The Hall–Kier alpha value is -6.58. The molecule has 0 saturated heterocycles. The van der Waals surface area contributed by atoms with E-state index in [9.17, 15) is 0 Å². The lowest BCUT2D eigenvalue weighted by atomic mass is 9.86. The second-order valence-electron chi connectivity index (χ2n) is 13.3. The first-order chi connectivity index (χ1) is 25.3. The molecule has 0 radical (unpaired) electrons. The number of rotatable bonds is 6. The van der Waals surface area contributed by atoms with Gasteiger partial charge < -0.3 is 13.9 Å². The number of nitrogens with zero attached hydrogens (tertiary/aromatic N) is 2. The molecule has 1 unspecified atom stereocenters. The maximum Gasteiger partial charge on any atom is 0.135 e. The Morgan fingerprint density at radius 2 is 1.08 bits per heavy atom. The van der Waals surface area contributed by atoms with Crippen LogP contribution in [-0.4, -0.2) is 4.57 Å². The molecular weight excluding hydrogens is 621 g/mol. The third kappa shape index (κ3) is 5.05. The van der Waals surface area contributed by atoms with E-state index in [-0.39, 0.29) is 5.92 Å². The van der Waals surface area contributed by atoms with E-state index in [1.54, 1.807) is 0 Å². The monoisotopic (exact) mass is 654 g/mol. The summed E-state index contributed by atoms with van der Waals surface area (Å²) in [5.41, 5.74) is 12.9. The average molecular weight is 655 g/mol. The van der Waals surface area contributed by atoms with Crippen LogP contribution in [-0.2, 0) is 6.42 Å². The van der Waals surface area contributed by atoms with Crippen LogP contribution < -0.4 is 4.90 Å². The van der Waals surface area contributed by atoms with E-state index in [1.165, 1.54) is 49.4 Å². The lowest BCUT2D eigenvalue weighted by molar-refractivity contribution is 0.591. The van der Waals surface area contributed by atoms with Crippen molar-refractivity contribution < 1.29 is 4.42 Å². The molecule has 242 valence electrons. The predicted molar refractivity (Wildman–Crippen MR) is 213 cm³/mol. The highest BCUT2D eigenvalue weighted by Gasteiger charge is 2.23. The number of para-hydroxylation sites is 3. The van der Waals surface area contributed by atoms with Gasteiger partial charge in [-0.05, 0) is 95.9 Å². The Morgan fingerprint density at radius 1 is 0.510 bits per heavy atom. The minimum atomic E-state index is 0.250. The van der Waals surface area contributed by atoms with E-state index in [1.807, 2.05) is 0 Å². The third-order valence-corrected chi connectivity index (χ3v) is 10.4. The van der Waals surface area contributed by atoms with Crippen LogP contribution in [0.3, 0.4) is 0 Å². The van der Waals surface area contributed by atoms with E-state index < -0.39 is 0 Å². The number of furan rings is 1. The summed E-state index contributed by atoms with van der Waals surface area (Å²) in [6, 6.07) is 63.1. The lowest BCUT2D eigenvalue weighted by Crippen LogP contribution is -2.10. The van der Waals surface area contributed by atoms with Gasteiger partial charge in [0.25, 0.3) is 0 Å².